The molecule has 0 heterocycles. The van der Waals surface area contributed by atoms with E-state index in [0.717, 1.165) is 5.56 Å². The third kappa shape index (κ3) is 4.78. The molecule has 1 aromatic carbocycles. The molecular formula is C15H23NO2. The summed E-state index contributed by atoms with van der Waals surface area (Å²) in [7, 11) is 0. The van der Waals surface area contributed by atoms with Gasteiger partial charge in [-0.3, -0.25) is 4.79 Å². The fourth-order valence-electron chi connectivity index (χ4n) is 1.49. The third-order valence-corrected chi connectivity index (χ3v) is 3.36. The Bertz CT molecular complexity index is 407. The van der Waals surface area contributed by atoms with E-state index in [0.29, 0.717) is 18.9 Å². The second kappa shape index (κ2) is 5.89. The van der Waals surface area contributed by atoms with Crippen molar-refractivity contribution in [3.8, 4) is 5.75 Å². The summed E-state index contributed by atoms with van der Waals surface area (Å²) in [4.78, 5) is 11.8. The van der Waals surface area contributed by atoms with Crippen LogP contribution in [0.15, 0.2) is 24.3 Å². The molecule has 0 aromatic heterocycles. The van der Waals surface area contributed by atoms with E-state index in [4.69, 9.17) is 0 Å². The van der Waals surface area contributed by atoms with Gasteiger partial charge in [0, 0.05) is 6.54 Å². The molecule has 1 aromatic rings. The number of rotatable bonds is 4. The molecule has 0 aliphatic carbocycles. The SMILES string of the molecule is CC(CNC(=O)Cc1cccc(O)c1)C(C)(C)C. The van der Waals surface area contributed by atoms with Crippen LogP contribution < -0.4 is 5.32 Å². The first-order valence-electron chi connectivity index (χ1n) is 6.33. The van der Waals surface area contributed by atoms with Gasteiger partial charge in [0.15, 0.2) is 0 Å². The van der Waals surface area contributed by atoms with Crippen molar-refractivity contribution in [3.05, 3.63) is 29.8 Å². The Hall–Kier alpha value is -1.51. The molecule has 3 nitrogen and oxygen atoms in total. The summed E-state index contributed by atoms with van der Waals surface area (Å²) in [5.74, 6) is 0.616. The third-order valence-electron chi connectivity index (χ3n) is 3.36. The van der Waals surface area contributed by atoms with Gasteiger partial charge in [0.2, 0.25) is 5.91 Å². The maximum Gasteiger partial charge on any atom is 0.224 e. The van der Waals surface area contributed by atoms with Gasteiger partial charge in [-0.2, -0.15) is 0 Å². The van der Waals surface area contributed by atoms with Crippen LogP contribution in [0.25, 0.3) is 0 Å². The predicted octanol–water partition coefficient (Wildman–Crippen LogP) is 2.73. The summed E-state index contributed by atoms with van der Waals surface area (Å²) in [6.45, 7) is 9.31. The zero-order valence-electron chi connectivity index (χ0n) is 11.7. The monoisotopic (exact) mass is 249 g/mol. The van der Waals surface area contributed by atoms with E-state index in [1.165, 1.54) is 0 Å². The Labute approximate surface area is 109 Å². The maximum atomic E-state index is 11.8. The molecule has 0 fully saturated rings. The number of carbonyl (C=O) groups excluding carboxylic acids is 1. The molecule has 1 amide bonds. The first-order valence-corrected chi connectivity index (χ1v) is 6.33. The molecule has 0 spiro atoms. The summed E-state index contributed by atoms with van der Waals surface area (Å²) in [5, 5.41) is 12.3. The number of phenolic OH excluding ortho intramolecular Hbond substituents is 1. The van der Waals surface area contributed by atoms with Crippen LogP contribution in [0.5, 0.6) is 5.75 Å². The Balaban J connectivity index is 2.43. The van der Waals surface area contributed by atoms with Crippen LogP contribution in [-0.2, 0) is 11.2 Å². The van der Waals surface area contributed by atoms with Crippen LogP contribution in [0.2, 0.25) is 0 Å². The van der Waals surface area contributed by atoms with E-state index in [1.54, 1.807) is 18.2 Å². The number of phenols is 1. The number of amides is 1. The maximum absolute atomic E-state index is 11.8. The largest absolute Gasteiger partial charge is 0.508 e. The van der Waals surface area contributed by atoms with Gasteiger partial charge < -0.3 is 10.4 Å². The number of hydrogen-bond donors (Lipinski definition) is 2. The molecule has 0 bridgehead atoms. The van der Waals surface area contributed by atoms with Crippen molar-refractivity contribution < 1.29 is 9.90 Å². The second-order valence-electron chi connectivity index (χ2n) is 5.92. The average Bonchev–Trinajstić information content (AvgIpc) is 2.24. The summed E-state index contributed by atoms with van der Waals surface area (Å²) in [5.41, 5.74) is 1.02. The van der Waals surface area contributed by atoms with Crippen LogP contribution in [0.4, 0.5) is 0 Å². The normalized spacial score (nSPS) is 13.1. The molecule has 1 atom stereocenters. The molecule has 3 heteroatoms. The molecule has 18 heavy (non-hydrogen) atoms. The number of hydrogen-bond acceptors (Lipinski definition) is 2. The molecule has 0 saturated carbocycles. The minimum absolute atomic E-state index is 0.00306. The minimum Gasteiger partial charge on any atom is -0.508 e. The topological polar surface area (TPSA) is 49.3 Å². The minimum atomic E-state index is -0.00306. The molecule has 0 radical (unpaired) electrons. The quantitative estimate of drug-likeness (QED) is 0.862. The lowest BCUT2D eigenvalue weighted by atomic mass is 9.82. The molecule has 1 unspecified atom stereocenters. The molecular weight excluding hydrogens is 226 g/mol. The van der Waals surface area contributed by atoms with Gasteiger partial charge in [-0.15, -0.1) is 0 Å². The van der Waals surface area contributed by atoms with Crippen LogP contribution in [0.1, 0.15) is 33.3 Å². The summed E-state index contributed by atoms with van der Waals surface area (Å²) in [6.07, 6.45) is 0.311. The number of nitrogens with one attached hydrogen (secondary N) is 1. The van der Waals surface area contributed by atoms with E-state index in [-0.39, 0.29) is 17.1 Å². The summed E-state index contributed by atoms with van der Waals surface area (Å²) in [6, 6.07) is 6.80. The lowest BCUT2D eigenvalue weighted by Gasteiger charge is -2.27. The van der Waals surface area contributed by atoms with Crippen molar-refractivity contribution in [2.75, 3.05) is 6.54 Å². The van der Waals surface area contributed by atoms with E-state index >= 15 is 0 Å². The summed E-state index contributed by atoms with van der Waals surface area (Å²) < 4.78 is 0. The Morgan fingerprint density at radius 2 is 2.06 bits per heavy atom. The van der Waals surface area contributed by atoms with Crippen molar-refractivity contribution in [2.45, 2.75) is 34.1 Å². The lowest BCUT2D eigenvalue weighted by molar-refractivity contribution is -0.120. The number of benzene rings is 1. The van der Waals surface area contributed by atoms with Gasteiger partial charge in [0.05, 0.1) is 6.42 Å². The molecule has 2 N–H and O–H groups in total. The van der Waals surface area contributed by atoms with Crippen molar-refractivity contribution in [2.24, 2.45) is 11.3 Å². The number of carbonyl (C=O) groups is 1. The van der Waals surface area contributed by atoms with Crippen molar-refractivity contribution in [1.29, 1.82) is 0 Å². The highest BCUT2D eigenvalue weighted by Crippen LogP contribution is 2.24. The standard InChI is InChI=1S/C15H23NO2/c1-11(15(2,3)4)10-16-14(18)9-12-6-5-7-13(17)8-12/h5-8,11,17H,9-10H2,1-4H3,(H,16,18). The van der Waals surface area contributed by atoms with E-state index in [2.05, 4.69) is 33.0 Å². The van der Waals surface area contributed by atoms with E-state index < -0.39 is 0 Å². The van der Waals surface area contributed by atoms with Gasteiger partial charge in [-0.1, -0.05) is 39.8 Å². The van der Waals surface area contributed by atoms with Gasteiger partial charge in [-0.25, -0.2) is 0 Å². The first-order chi connectivity index (χ1) is 8.29. The van der Waals surface area contributed by atoms with Crippen LogP contribution in [0.3, 0.4) is 0 Å². The van der Waals surface area contributed by atoms with Crippen molar-refractivity contribution >= 4 is 5.91 Å². The fourth-order valence-corrected chi connectivity index (χ4v) is 1.49. The first kappa shape index (κ1) is 14.6. The van der Waals surface area contributed by atoms with E-state index in [9.17, 15) is 9.90 Å². The Morgan fingerprint density at radius 1 is 1.39 bits per heavy atom. The zero-order chi connectivity index (χ0) is 13.8. The molecule has 0 aliphatic heterocycles. The highest BCUT2D eigenvalue weighted by molar-refractivity contribution is 5.78. The molecule has 0 aliphatic rings. The van der Waals surface area contributed by atoms with Crippen LogP contribution >= 0.6 is 0 Å². The highest BCUT2D eigenvalue weighted by Gasteiger charge is 2.20. The Kier molecular flexibility index (Phi) is 4.76. The van der Waals surface area contributed by atoms with E-state index in [1.807, 2.05) is 6.07 Å². The molecule has 0 saturated heterocycles. The van der Waals surface area contributed by atoms with Gasteiger partial charge in [0.1, 0.15) is 5.75 Å². The second-order valence-corrected chi connectivity index (χ2v) is 5.92. The smallest absolute Gasteiger partial charge is 0.224 e. The highest BCUT2D eigenvalue weighted by atomic mass is 16.3. The van der Waals surface area contributed by atoms with Gasteiger partial charge in [0.25, 0.3) is 0 Å². The van der Waals surface area contributed by atoms with Gasteiger partial charge >= 0.3 is 0 Å². The van der Waals surface area contributed by atoms with Gasteiger partial charge in [-0.05, 0) is 29.0 Å². The lowest BCUT2D eigenvalue weighted by Crippen LogP contribution is -2.34. The Morgan fingerprint density at radius 3 is 2.61 bits per heavy atom. The van der Waals surface area contributed by atoms with Crippen molar-refractivity contribution in [3.63, 3.8) is 0 Å². The van der Waals surface area contributed by atoms with Crippen molar-refractivity contribution in [1.82, 2.24) is 5.32 Å². The number of aromatic hydroxyl groups is 1. The fraction of sp³-hybridized carbons (Fsp3) is 0.533. The molecule has 1 rings (SSSR count). The zero-order valence-corrected chi connectivity index (χ0v) is 11.7. The molecule has 100 valence electrons. The van der Waals surface area contributed by atoms with Crippen LogP contribution in [0, 0.1) is 11.3 Å². The average molecular weight is 249 g/mol. The predicted molar refractivity (Wildman–Crippen MR) is 73.4 cm³/mol. The summed E-state index contributed by atoms with van der Waals surface area (Å²) >= 11 is 0. The van der Waals surface area contributed by atoms with Crippen LogP contribution in [-0.4, -0.2) is 17.6 Å².